The van der Waals surface area contributed by atoms with Crippen LogP contribution in [0.5, 0.6) is 11.6 Å². The van der Waals surface area contributed by atoms with Crippen molar-refractivity contribution in [2.45, 2.75) is 0 Å². The molecule has 0 saturated heterocycles. The Balaban J connectivity index is 2.74. The highest BCUT2D eigenvalue weighted by Crippen LogP contribution is 2.28. The fourth-order valence-electron chi connectivity index (χ4n) is 1.47. The van der Waals surface area contributed by atoms with Crippen molar-refractivity contribution in [2.24, 2.45) is 0 Å². The first-order chi connectivity index (χ1) is 7.26. The molecule has 0 radical (unpaired) electrons. The summed E-state index contributed by atoms with van der Waals surface area (Å²) in [5, 5.41) is 1.47. The molecule has 0 aliphatic rings. The van der Waals surface area contributed by atoms with Crippen molar-refractivity contribution in [2.75, 3.05) is 14.2 Å². The number of methoxy groups -OCH3 is 2. The second kappa shape index (κ2) is 3.73. The predicted molar refractivity (Wildman–Crippen MR) is 54.8 cm³/mol. The van der Waals surface area contributed by atoms with Gasteiger partial charge in [0.25, 0.3) is 0 Å². The van der Waals surface area contributed by atoms with E-state index in [4.69, 9.17) is 9.47 Å². The van der Waals surface area contributed by atoms with Crippen LogP contribution < -0.4 is 9.47 Å². The summed E-state index contributed by atoms with van der Waals surface area (Å²) in [6.07, 6.45) is 1.61. The highest BCUT2D eigenvalue weighted by molar-refractivity contribution is 5.88. The summed E-state index contributed by atoms with van der Waals surface area (Å²) in [6, 6.07) is 4.76. The molecule has 0 bridgehead atoms. The maximum atomic E-state index is 13.4. The number of ether oxygens (including phenoxy) is 2. The molecule has 0 saturated carbocycles. The van der Waals surface area contributed by atoms with Gasteiger partial charge in [-0.1, -0.05) is 0 Å². The maximum absolute atomic E-state index is 13.4. The molecule has 1 aromatic heterocycles. The summed E-state index contributed by atoms with van der Waals surface area (Å²) < 4.78 is 23.4. The normalized spacial score (nSPS) is 10.3. The first kappa shape index (κ1) is 9.71. The van der Waals surface area contributed by atoms with Gasteiger partial charge < -0.3 is 9.47 Å². The number of benzene rings is 1. The van der Waals surface area contributed by atoms with Gasteiger partial charge in [0.05, 0.1) is 14.2 Å². The number of fused-ring (bicyclic) bond motifs is 1. The molecule has 4 heteroatoms. The molecule has 1 aromatic carbocycles. The average molecular weight is 207 g/mol. The molecule has 78 valence electrons. The lowest BCUT2D eigenvalue weighted by Crippen LogP contribution is -1.92. The van der Waals surface area contributed by atoms with Crippen molar-refractivity contribution in [1.29, 1.82) is 0 Å². The molecular formula is C11H10FNO2. The second-order valence-electron chi connectivity index (χ2n) is 3.03. The van der Waals surface area contributed by atoms with Crippen LogP contribution in [-0.4, -0.2) is 19.2 Å². The first-order valence-electron chi connectivity index (χ1n) is 4.42. The minimum atomic E-state index is -0.420. The molecule has 0 unspecified atom stereocenters. The molecule has 3 nitrogen and oxygen atoms in total. The van der Waals surface area contributed by atoms with Gasteiger partial charge in [-0.25, -0.2) is 9.37 Å². The lowest BCUT2D eigenvalue weighted by molar-refractivity contribution is 0.386. The lowest BCUT2D eigenvalue weighted by Gasteiger charge is -2.06. The average Bonchev–Trinajstić information content (AvgIpc) is 2.27. The van der Waals surface area contributed by atoms with Gasteiger partial charge in [-0.3, -0.25) is 0 Å². The molecule has 1 heterocycles. The number of aromatic nitrogens is 1. The van der Waals surface area contributed by atoms with E-state index in [9.17, 15) is 4.39 Å². The number of rotatable bonds is 2. The van der Waals surface area contributed by atoms with Crippen LogP contribution in [0.4, 0.5) is 4.39 Å². The van der Waals surface area contributed by atoms with E-state index >= 15 is 0 Å². The van der Waals surface area contributed by atoms with Gasteiger partial charge >= 0.3 is 0 Å². The zero-order valence-corrected chi connectivity index (χ0v) is 8.45. The third-order valence-electron chi connectivity index (χ3n) is 2.19. The van der Waals surface area contributed by atoms with Crippen LogP contribution in [0.2, 0.25) is 0 Å². The van der Waals surface area contributed by atoms with Gasteiger partial charge in [-0.15, -0.1) is 0 Å². The lowest BCUT2D eigenvalue weighted by atomic mass is 10.1. The van der Waals surface area contributed by atoms with E-state index in [2.05, 4.69) is 4.98 Å². The Kier molecular flexibility index (Phi) is 2.41. The molecule has 0 N–H and O–H groups in total. The largest absolute Gasteiger partial charge is 0.494 e. The van der Waals surface area contributed by atoms with Gasteiger partial charge in [0.1, 0.15) is 0 Å². The molecule has 0 amide bonds. The molecule has 2 rings (SSSR count). The summed E-state index contributed by atoms with van der Waals surface area (Å²) in [6.45, 7) is 0. The molecule has 2 aromatic rings. The summed E-state index contributed by atoms with van der Waals surface area (Å²) >= 11 is 0. The van der Waals surface area contributed by atoms with E-state index in [0.29, 0.717) is 11.3 Å². The summed E-state index contributed by atoms with van der Waals surface area (Å²) in [4.78, 5) is 3.99. The van der Waals surface area contributed by atoms with E-state index < -0.39 is 5.82 Å². The number of pyridine rings is 1. The van der Waals surface area contributed by atoms with Crippen molar-refractivity contribution in [3.8, 4) is 11.6 Å². The summed E-state index contributed by atoms with van der Waals surface area (Å²) in [5.74, 6) is 0.209. The molecule has 0 atom stereocenters. The number of hydrogen-bond donors (Lipinski definition) is 0. The number of halogens is 1. The predicted octanol–water partition coefficient (Wildman–Crippen LogP) is 2.39. The third-order valence-corrected chi connectivity index (χ3v) is 2.19. The van der Waals surface area contributed by atoms with E-state index in [1.165, 1.54) is 20.3 Å². The standard InChI is InChI=1S/C11H10FNO2/c1-14-10-5-7-3-4-13-11(15-2)8(7)6-9(10)12/h3-6H,1-2H3. The van der Waals surface area contributed by atoms with Crippen molar-refractivity contribution < 1.29 is 13.9 Å². The van der Waals surface area contributed by atoms with Crippen molar-refractivity contribution >= 4 is 10.8 Å². The van der Waals surface area contributed by atoms with Gasteiger partial charge in [0, 0.05) is 11.6 Å². The van der Waals surface area contributed by atoms with E-state index in [-0.39, 0.29) is 5.75 Å². The van der Waals surface area contributed by atoms with Crippen molar-refractivity contribution in [3.05, 3.63) is 30.2 Å². The molecule has 0 aliphatic carbocycles. The van der Waals surface area contributed by atoms with E-state index in [1.807, 2.05) is 0 Å². The Bertz CT molecular complexity index is 499. The van der Waals surface area contributed by atoms with Crippen LogP contribution >= 0.6 is 0 Å². The Labute approximate surface area is 86.5 Å². The molecule has 0 spiro atoms. The minimum Gasteiger partial charge on any atom is -0.494 e. The zero-order chi connectivity index (χ0) is 10.8. The fourth-order valence-corrected chi connectivity index (χ4v) is 1.47. The van der Waals surface area contributed by atoms with Crippen LogP contribution in [0.25, 0.3) is 10.8 Å². The fraction of sp³-hybridized carbons (Fsp3) is 0.182. The Hall–Kier alpha value is -1.84. The highest BCUT2D eigenvalue weighted by atomic mass is 19.1. The monoisotopic (exact) mass is 207 g/mol. The zero-order valence-electron chi connectivity index (χ0n) is 8.45. The molecule has 0 fully saturated rings. The Morgan fingerprint density at radius 3 is 2.67 bits per heavy atom. The van der Waals surface area contributed by atoms with Gasteiger partial charge in [-0.05, 0) is 23.6 Å². The van der Waals surface area contributed by atoms with Gasteiger partial charge in [-0.2, -0.15) is 0 Å². The quantitative estimate of drug-likeness (QED) is 0.757. The van der Waals surface area contributed by atoms with Gasteiger partial charge in [0.15, 0.2) is 11.6 Å². The summed E-state index contributed by atoms with van der Waals surface area (Å²) in [5.41, 5.74) is 0. The Morgan fingerprint density at radius 1 is 1.20 bits per heavy atom. The van der Waals surface area contributed by atoms with Gasteiger partial charge in [0.2, 0.25) is 5.88 Å². The van der Waals surface area contributed by atoms with Crippen molar-refractivity contribution in [3.63, 3.8) is 0 Å². The first-order valence-corrected chi connectivity index (χ1v) is 4.42. The maximum Gasteiger partial charge on any atom is 0.221 e. The molecule has 15 heavy (non-hydrogen) atoms. The van der Waals surface area contributed by atoms with Crippen LogP contribution in [-0.2, 0) is 0 Å². The summed E-state index contributed by atoms with van der Waals surface area (Å²) in [7, 11) is 2.94. The third kappa shape index (κ3) is 1.58. The van der Waals surface area contributed by atoms with Crippen LogP contribution in [0.1, 0.15) is 0 Å². The SMILES string of the molecule is COc1cc2ccnc(OC)c2cc1F. The van der Waals surface area contributed by atoms with Crippen LogP contribution in [0.3, 0.4) is 0 Å². The number of nitrogens with zero attached hydrogens (tertiary/aromatic N) is 1. The van der Waals surface area contributed by atoms with Crippen LogP contribution in [0.15, 0.2) is 24.4 Å². The van der Waals surface area contributed by atoms with E-state index in [0.717, 1.165) is 5.39 Å². The Morgan fingerprint density at radius 2 is 2.00 bits per heavy atom. The molecule has 0 aliphatic heterocycles. The second-order valence-corrected chi connectivity index (χ2v) is 3.03. The topological polar surface area (TPSA) is 31.4 Å². The highest BCUT2D eigenvalue weighted by Gasteiger charge is 2.08. The molecular weight excluding hydrogens is 197 g/mol. The van der Waals surface area contributed by atoms with E-state index in [1.54, 1.807) is 18.3 Å². The smallest absolute Gasteiger partial charge is 0.221 e. The minimum absolute atomic E-state index is 0.218. The number of hydrogen-bond acceptors (Lipinski definition) is 3. The van der Waals surface area contributed by atoms with Crippen molar-refractivity contribution in [1.82, 2.24) is 4.98 Å². The van der Waals surface area contributed by atoms with Crippen LogP contribution in [0, 0.1) is 5.82 Å².